The van der Waals surface area contributed by atoms with Crippen molar-refractivity contribution in [1.29, 1.82) is 0 Å². The smallest absolute Gasteiger partial charge is 0.330 e. The second kappa shape index (κ2) is 7.31. The first-order valence-electron chi connectivity index (χ1n) is 7.18. The molecule has 0 radical (unpaired) electrons. The number of aromatic amines is 1. The first kappa shape index (κ1) is 17.3. The lowest BCUT2D eigenvalue weighted by molar-refractivity contribution is 0.157. The van der Waals surface area contributed by atoms with Crippen molar-refractivity contribution < 1.29 is 4.74 Å². The van der Waals surface area contributed by atoms with Gasteiger partial charge < -0.3 is 15.8 Å². The number of H-pyrrole nitrogens is 1. The number of nitrogens with zero attached hydrogens (tertiary/aromatic N) is 1. The number of anilines is 2. The van der Waals surface area contributed by atoms with E-state index in [0.29, 0.717) is 19.7 Å². The van der Waals surface area contributed by atoms with E-state index in [1.807, 2.05) is 6.92 Å². The zero-order valence-electron chi connectivity index (χ0n) is 13.3. The van der Waals surface area contributed by atoms with Crippen molar-refractivity contribution in [1.82, 2.24) is 9.55 Å². The molecule has 0 fully saturated rings. The maximum Gasteiger partial charge on any atom is 0.330 e. The molecule has 1 heterocycles. The van der Waals surface area contributed by atoms with Gasteiger partial charge in [-0.1, -0.05) is 20.8 Å². The fourth-order valence-corrected chi connectivity index (χ4v) is 2.00. The Morgan fingerprint density at radius 1 is 1.38 bits per heavy atom. The zero-order valence-corrected chi connectivity index (χ0v) is 13.3. The van der Waals surface area contributed by atoms with Crippen LogP contribution in [0.5, 0.6) is 0 Å². The molecular formula is C14H26N4O3. The quantitative estimate of drug-likeness (QED) is 0.664. The predicted molar refractivity (Wildman–Crippen MR) is 84.8 cm³/mol. The third kappa shape index (κ3) is 4.63. The first-order valence-corrected chi connectivity index (χ1v) is 7.18. The molecule has 0 aliphatic carbocycles. The molecule has 0 aliphatic heterocycles. The Morgan fingerprint density at radius 3 is 2.62 bits per heavy atom. The van der Waals surface area contributed by atoms with Crippen LogP contribution in [0.25, 0.3) is 0 Å². The Bertz CT molecular complexity index is 575. The van der Waals surface area contributed by atoms with Crippen molar-refractivity contribution in [3.05, 3.63) is 20.8 Å². The van der Waals surface area contributed by atoms with Crippen molar-refractivity contribution >= 4 is 11.5 Å². The van der Waals surface area contributed by atoms with Crippen LogP contribution in [0.2, 0.25) is 0 Å². The van der Waals surface area contributed by atoms with Crippen LogP contribution >= 0.6 is 0 Å². The molecule has 21 heavy (non-hydrogen) atoms. The van der Waals surface area contributed by atoms with Gasteiger partial charge in [-0.05, 0) is 18.3 Å². The molecular weight excluding hydrogens is 272 g/mol. The van der Waals surface area contributed by atoms with Gasteiger partial charge in [-0.2, -0.15) is 0 Å². The molecule has 7 nitrogen and oxygen atoms in total. The monoisotopic (exact) mass is 298 g/mol. The Morgan fingerprint density at radius 2 is 2.05 bits per heavy atom. The molecule has 0 unspecified atom stereocenters. The highest BCUT2D eigenvalue weighted by Crippen LogP contribution is 2.21. The summed E-state index contributed by atoms with van der Waals surface area (Å²) >= 11 is 0. The molecule has 0 amide bonds. The Hall–Kier alpha value is -1.76. The number of rotatable bonds is 8. The molecule has 0 spiro atoms. The van der Waals surface area contributed by atoms with Crippen LogP contribution in [-0.4, -0.2) is 29.8 Å². The second-order valence-electron chi connectivity index (χ2n) is 5.93. The Balaban J connectivity index is 2.96. The van der Waals surface area contributed by atoms with Crippen molar-refractivity contribution in [2.75, 3.05) is 31.3 Å². The molecule has 0 aromatic carbocycles. The average molecular weight is 298 g/mol. The maximum atomic E-state index is 11.9. The minimum absolute atomic E-state index is 0.0549. The van der Waals surface area contributed by atoms with E-state index in [1.54, 1.807) is 7.11 Å². The van der Waals surface area contributed by atoms with Crippen LogP contribution in [0.3, 0.4) is 0 Å². The number of nitrogens with one attached hydrogen (secondary N) is 2. The number of hydrogen-bond acceptors (Lipinski definition) is 5. The number of nitrogen functional groups attached to an aromatic ring is 1. The lowest BCUT2D eigenvalue weighted by Gasteiger charge is -2.25. The van der Waals surface area contributed by atoms with Gasteiger partial charge in [-0.15, -0.1) is 0 Å². The average Bonchev–Trinajstić information content (AvgIpc) is 2.41. The van der Waals surface area contributed by atoms with Crippen LogP contribution < -0.4 is 22.3 Å². The molecule has 7 heteroatoms. The number of nitrogens with two attached hydrogens (primary N) is 1. The molecule has 1 aromatic heterocycles. The van der Waals surface area contributed by atoms with Gasteiger partial charge in [0.05, 0.1) is 0 Å². The van der Waals surface area contributed by atoms with E-state index in [0.717, 1.165) is 12.8 Å². The van der Waals surface area contributed by atoms with Crippen LogP contribution in [0.4, 0.5) is 11.5 Å². The standard InChI is InChI=1S/C14H26N4O3/c1-5-7-18-11(15)10(12(19)17-13(18)20)16-9-14(2,3)6-8-21-4/h16H,5-9,15H2,1-4H3,(H,17,19,20). The highest BCUT2D eigenvalue weighted by atomic mass is 16.5. The Kier molecular flexibility index (Phi) is 6.02. The second-order valence-corrected chi connectivity index (χ2v) is 5.93. The van der Waals surface area contributed by atoms with Crippen LogP contribution in [-0.2, 0) is 11.3 Å². The molecule has 1 aromatic rings. The summed E-state index contributed by atoms with van der Waals surface area (Å²) < 4.78 is 6.46. The van der Waals surface area contributed by atoms with E-state index in [2.05, 4.69) is 24.1 Å². The van der Waals surface area contributed by atoms with E-state index in [1.165, 1.54) is 4.57 Å². The normalized spacial score (nSPS) is 11.6. The molecule has 4 N–H and O–H groups in total. The predicted octanol–water partition coefficient (Wildman–Crippen LogP) is 1.00. The molecule has 120 valence electrons. The van der Waals surface area contributed by atoms with Crippen LogP contribution in [0, 0.1) is 5.41 Å². The van der Waals surface area contributed by atoms with Gasteiger partial charge >= 0.3 is 5.69 Å². The summed E-state index contributed by atoms with van der Waals surface area (Å²) in [4.78, 5) is 25.9. The van der Waals surface area contributed by atoms with Gasteiger partial charge in [0.2, 0.25) is 0 Å². The molecule has 1 rings (SSSR count). The van der Waals surface area contributed by atoms with Crippen LogP contribution in [0.15, 0.2) is 9.59 Å². The summed E-state index contributed by atoms with van der Waals surface area (Å²) in [5, 5.41) is 3.07. The van der Waals surface area contributed by atoms with Gasteiger partial charge in [0, 0.05) is 26.8 Å². The van der Waals surface area contributed by atoms with Crippen molar-refractivity contribution in [3.8, 4) is 0 Å². The van der Waals surface area contributed by atoms with Gasteiger partial charge in [0.25, 0.3) is 5.56 Å². The summed E-state index contributed by atoms with van der Waals surface area (Å²) in [6.07, 6.45) is 1.61. The van der Waals surface area contributed by atoms with E-state index < -0.39 is 11.2 Å². The van der Waals surface area contributed by atoms with Gasteiger partial charge in [-0.3, -0.25) is 14.3 Å². The lowest BCUT2D eigenvalue weighted by Crippen LogP contribution is -2.35. The Labute approximate surface area is 124 Å². The summed E-state index contributed by atoms with van der Waals surface area (Å²) in [5.74, 6) is 0.188. The van der Waals surface area contributed by atoms with E-state index >= 15 is 0 Å². The lowest BCUT2D eigenvalue weighted by atomic mass is 9.89. The van der Waals surface area contributed by atoms with Gasteiger partial charge in [-0.25, -0.2) is 4.79 Å². The molecule has 0 saturated carbocycles. The molecule has 0 saturated heterocycles. The third-order valence-electron chi connectivity index (χ3n) is 3.41. The largest absolute Gasteiger partial charge is 0.385 e. The molecule has 0 bridgehead atoms. The van der Waals surface area contributed by atoms with Crippen molar-refractivity contribution in [2.24, 2.45) is 5.41 Å². The van der Waals surface area contributed by atoms with Crippen molar-refractivity contribution in [3.63, 3.8) is 0 Å². The summed E-state index contributed by atoms with van der Waals surface area (Å²) in [7, 11) is 1.66. The maximum absolute atomic E-state index is 11.9. The third-order valence-corrected chi connectivity index (χ3v) is 3.41. The van der Waals surface area contributed by atoms with Gasteiger partial charge in [0.1, 0.15) is 11.5 Å². The van der Waals surface area contributed by atoms with E-state index in [4.69, 9.17) is 10.5 Å². The highest BCUT2D eigenvalue weighted by Gasteiger charge is 2.19. The number of aromatic nitrogens is 2. The molecule has 0 aliphatic rings. The minimum atomic E-state index is -0.479. The number of hydrogen-bond donors (Lipinski definition) is 3. The van der Waals surface area contributed by atoms with E-state index in [9.17, 15) is 9.59 Å². The van der Waals surface area contributed by atoms with E-state index in [-0.39, 0.29) is 16.9 Å². The summed E-state index contributed by atoms with van der Waals surface area (Å²) in [6.45, 7) is 7.78. The van der Waals surface area contributed by atoms with Crippen LogP contribution in [0.1, 0.15) is 33.6 Å². The number of methoxy groups -OCH3 is 1. The summed E-state index contributed by atoms with van der Waals surface area (Å²) in [5.41, 5.74) is 5.21. The fraction of sp³-hybridized carbons (Fsp3) is 0.714. The molecule has 0 atom stereocenters. The minimum Gasteiger partial charge on any atom is -0.385 e. The fourth-order valence-electron chi connectivity index (χ4n) is 2.00. The summed E-state index contributed by atoms with van der Waals surface area (Å²) in [6, 6.07) is 0. The topological polar surface area (TPSA) is 102 Å². The first-order chi connectivity index (χ1) is 9.82. The van der Waals surface area contributed by atoms with Crippen molar-refractivity contribution in [2.45, 2.75) is 40.2 Å². The number of ether oxygens (including phenoxy) is 1. The zero-order chi connectivity index (χ0) is 16.0. The highest BCUT2D eigenvalue weighted by molar-refractivity contribution is 5.60. The SMILES string of the molecule is CCCn1c(N)c(NCC(C)(C)CCOC)c(=O)[nH]c1=O. The van der Waals surface area contributed by atoms with Gasteiger partial charge in [0.15, 0.2) is 0 Å².